The van der Waals surface area contributed by atoms with Crippen molar-refractivity contribution in [3.63, 3.8) is 0 Å². The summed E-state index contributed by atoms with van der Waals surface area (Å²) in [5.41, 5.74) is 1.36. The molecule has 0 aliphatic rings. The molecule has 1 rings (SSSR count). The Morgan fingerprint density at radius 1 is 1.41 bits per heavy atom. The molecule has 0 aliphatic heterocycles. The van der Waals surface area contributed by atoms with Crippen molar-refractivity contribution in [2.24, 2.45) is 0 Å². The molecule has 0 saturated heterocycles. The van der Waals surface area contributed by atoms with Crippen LogP contribution in [0.3, 0.4) is 0 Å². The SMILES string of the molecule is COC(CO)CC#CC#Cc1ccn(CCC(C)(C(=O)NO)S(C)(=O)=O)c(=O)c1. The highest BCUT2D eigenvalue weighted by Gasteiger charge is 2.43. The monoisotopic (exact) mass is 424 g/mol. The summed E-state index contributed by atoms with van der Waals surface area (Å²) in [5.74, 6) is 9.59. The summed E-state index contributed by atoms with van der Waals surface area (Å²) < 4.78 is 28.2. The Balaban J connectivity index is 2.90. The Labute approximate surface area is 169 Å². The van der Waals surface area contributed by atoms with Crippen LogP contribution in [0.15, 0.2) is 23.1 Å². The van der Waals surface area contributed by atoms with Gasteiger partial charge in [-0.2, -0.15) is 0 Å². The predicted octanol–water partition coefficient (Wildman–Crippen LogP) is -0.701. The van der Waals surface area contributed by atoms with Gasteiger partial charge in [-0.05, 0) is 31.3 Å². The molecule has 0 aliphatic carbocycles. The Hall–Kier alpha value is -2.63. The molecule has 1 amide bonds. The van der Waals surface area contributed by atoms with Crippen LogP contribution in [0.2, 0.25) is 0 Å². The molecule has 3 N–H and O–H groups in total. The van der Waals surface area contributed by atoms with Crippen molar-refractivity contribution in [2.75, 3.05) is 20.0 Å². The first-order valence-electron chi connectivity index (χ1n) is 8.56. The molecule has 0 spiro atoms. The van der Waals surface area contributed by atoms with Gasteiger partial charge in [0.05, 0.1) is 12.7 Å². The molecule has 2 unspecified atom stereocenters. The number of aromatic nitrogens is 1. The van der Waals surface area contributed by atoms with Crippen LogP contribution in [0.5, 0.6) is 0 Å². The quantitative estimate of drug-likeness (QED) is 0.285. The van der Waals surface area contributed by atoms with E-state index in [0.717, 1.165) is 6.26 Å². The fourth-order valence-electron chi connectivity index (χ4n) is 2.22. The van der Waals surface area contributed by atoms with Gasteiger partial charge in [0.2, 0.25) is 0 Å². The maximum atomic E-state index is 12.2. The highest BCUT2D eigenvalue weighted by Crippen LogP contribution is 2.21. The maximum Gasteiger partial charge on any atom is 0.264 e. The van der Waals surface area contributed by atoms with Crippen LogP contribution in [0.25, 0.3) is 0 Å². The van der Waals surface area contributed by atoms with Crippen molar-refractivity contribution < 1.29 is 28.3 Å². The first-order valence-corrected chi connectivity index (χ1v) is 10.5. The number of hydrogen-bond donors (Lipinski definition) is 3. The molecular formula is C19H24N2O7S. The van der Waals surface area contributed by atoms with Gasteiger partial charge in [0.1, 0.15) is 0 Å². The smallest absolute Gasteiger partial charge is 0.264 e. The minimum absolute atomic E-state index is 0.0527. The number of amides is 1. The molecule has 10 heteroatoms. The van der Waals surface area contributed by atoms with Crippen LogP contribution in [0, 0.1) is 23.7 Å². The molecule has 1 aromatic heterocycles. The topological polar surface area (TPSA) is 135 Å². The lowest BCUT2D eigenvalue weighted by atomic mass is 10.1. The van der Waals surface area contributed by atoms with Gasteiger partial charge in [0.15, 0.2) is 14.6 Å². The number of pyridine rings is 1. The third-order valence-electron chi connectivity index (χ3n) is 4.45. The number of aliphatic hydroxyl groups excluding tert-OH is 1. The minimum Gasteiger partial charge on any atom is -0.394 e. The van der Waals surface area contributed by atoms with Crippen LogP contribution >= 0.6 is 0 Å². The first kappa shape index (κ1) is 24.4. The van der Waals surface area contributed by atoms with E-state index in [-0.39, 0.29) is 25.7 Å². The number of sulfone groups is 1. The van der Waals surface area contributed by atoms with Crippen molar-refractivity contribution in [1.82, 2.24) is 10.0 Å². The molecule has 0 aromatic carbocycles. The Kier molecular flexibility index (Phi) is 9.08. The van der Waals surface area contributed by atoms with Crippen molar-refractivity contribution in [2.45, 2.75) is 37.2 Å². The van der Waals surface area contributed by atoms with Crippen LogP contribution in [-0.2, 0) is 25.9 Å². The molecule has 0 fully saturated rings. The number of hydroxylamine groups is 1. The Morgan fingerprint density at radius 3 is 2.62 bits per heavy atom. The number of hydrogen-bond acceptors (Lipinski definition) is 7. The fourth-order valence-corrected chi connectivity index (χ4v) is 3.07. The molecule has 1 aromatic rings. The predicted molar refractivity (Wildman–Crippen MR) is 106 cm³/mol. The third kappa shape index (κ3) is 6.73. The van der Waals surface area contributed by atoms with Gasteiger partial charge in [0.25, 0.3) is 11.5 Å². The summed E-state index contributed by atoms with van der Waals surface area (Å²) in [4.78, 5) is 24.0. The number of ether oxygens (including phenoxy) is 1. The number of carbonyl (C=O) groups excluding carboxylic acids is 1. The number of carbonyl (C=O) groups is 1. The lowest BCUT2D eigenvalue weighted by Gasteiger charge is -2.25. The molecule has 0 radical (unpaired) electrons. The van der Waals surface area contributed by atoms with Crippen LogP contribution in [0.4, 0.5) is 0 Å². The first-order chi connectivity index (χ1) is 13.6. The molecular weight excluding hydrogens is 400 g/mol. The van der Waals surface area contributed by atoms with Gasteiger partial charge in [-0.3, -0.25) is 14.8 Å². The molecule has 0 saturated carbocycles. The number of nitrogens with zero attached hydrogens (tertiary/aromatic N) is 1. The van der Waals surface area contributed by atoms with Gasteiger partial charge in [-0.25, -0.2) is 13.9 Å². The van der Waals surface area contributed by atoms with E-state index in [0.29, 0.717) is 12.0 Å². The fraction of sp³-hybridized carbons (Fsp3) is 0.474. The normalized spacial score (nSPS) is 13.8. The van der Waals surface area contributed by atoms with E-state index in [2.05, 4.69) is 23.7 Å². The standard InChI is InChI=1S/C19H24N2O7S/c1-19(18(24)20-25,29(3,26)27)10-12-21-11-9-15(13-17(21)23)7-5-4-6-8-16(14-22)28-2/h9,11,13,16,22,25H,8,10,12,14H2,1-3H3,(H,20,24). The van der Waals surface area contributed by atoms with Crippen LogP contribution < -0.4 is 11.0 Å². The van der Waals surface area contributed by atoms with E-state index in [1.807, 2.05) is 0 Å². The largest absolute Gasteiger partial charge is 0.394 e. The van der Waals surface area contributed by atoms with Gasteiger partial charge in [-0.1, -0.05) is 11.8 Å². The zero-order valence-corrected chi connectivity index (χ0v) is 17.2. The number of aliphatic hydroxyl groups is 1. The zero-order chi connectivity index (χ0) is 22.1. The Bertz CT molecular complexity index is 1000. The van der Waals surface area contributed by atoms with E-state index in [9.17, 15) is 18.0 Å². The molecule has 158 valence electrons. The van der Waals surface area contributed by atoms with Crippen molar-refractivity contribution >= 4 is 15.7 Å². The lowest BCUT2D eigenvalue weighted by molar-refractivity contribution is -0.131. The second kappa shape index (κ2) is 10.8. The van der Waals surface area contributed by atoms with Gasteiger partial charge >= 0.3 is 0 Å². The summed E-state index contributed by atoms with van der Waals surface area (Å²) in [6.45, 7) is 0.987. The maximum absolute atomic E-state index is 12.2. The van der Waals surface area contributed by atoms with Crippen molar-refractivity contribution in [1.29, 1.82) is 0 Å². The number of methoxy groups -OCH3 is 1. The second-order valence-corrected chi connectivity index (χ2v) is 8.88. The lowest BCUT2D eigenvalue weighted by Crippen LogP contribution is -2.49. The molecule has 9 nitrogen and oxygen atoms in total. The van der Waals surface area contributed by atoms with E-state index >= 15 is 0 Å². The van der Waals surface area contributed by atoms with E-state index in [1.54, 1.807) is 6.07 Å². The molecule has 0 bridgehead atoms. The van der Waals surface area contributed by atoms with Crippen molar-refractivity contribution in [3.05, 3.63) is 34.2 Å². The van der Waals surface area contributed by atoms with Gasteiger partial charge in [-0.15, -0.1) is 0 Å². The van der Waals surface area contributed by atoms with E-state index < -0.39 is 26.1 Å². The van der Waals surface area contributed by atoms with Crippen LogP contribution in [0.1, 0.15) is 25.3 Å². The summed E-state index contributed by atoms with van der Waals surface area (Å²) in [6, 6.07) is 2.83. The molecule has 2 atom stereocenters. The summed E-state index contributed by atoms with van der Waals surface area (Å²) in [6.07, 6.45) is 2.06. The van der Waals surface area contributed by atoms with E-state index in [1.165, 1.54) is 36.3 Å². The highest BCUT2D eigenvalue weighted by atomic mass is 32.2. The number of rotatable bonds is 8. The van der Waals surface area contributed by atoms with E-state index in [4.69, 9.17) is 15.1 Å². The number of nitrogens with one attached hydrogen (secondary N) is 1. The van der Waals surface area contributed by atoms with Crippen LogP contribution in [-0.4, -0.2) is 60.0 Å². The molecule has 29 heavy (non-hydrogen) atoms. The third-order valence-corrected chi connectivity index (χ3v) is 6.48. The van der Waals surface area contributed by atoms with Gasteiger partial charge < -0.3 is 14.4 Å². The number of aryl methyl sites for hydroxylation is 1. The minimum atomic E-state index is -3.84. The summed E-state index contributed by atoms with van der Waals surface area (Å²) in [5, 5.41) is 17.8. The van der Waals surface area contributed by atoms with Crippen molar-refractivity contribution in [3.8, 4) is 23.7 Å². The summed E-state index contributed by atoms with van der Waals surface area (Å²) in [7, 11) is -2.37. The highest BCUT2D eigenvalue weighted by molar-refractivity contribution is 7.92. The zero-order valence-electron chi connectivity index (χ0n) is 16.4. The average Bonchev–Trinajstić information content (AvgIpc) is 2.68. The summed E-state index contributed by atoms with van der Waals surface area (Å²) >= 11 is 0. The Morgan fingerprint density at radius 2 is 2.10 bits per heavy atom. The van der Waals surface area contributed by atoms with Gasteiger partial charge in [0, 0.05) is 44.2 Å². The molecule has 1 heterocycles. The average molecular weight is 424 g/mol. The second-order valence-electron chi connectivity index (χ2n) is 6.44.